The smallest absolute Gasteiger partial charge is 0.305 e. The number of aliphatic carboxylic acids is 1. The number of nitrogens with zero attached hydrogens (tertiary/aromatic N) is 2. The lowest BCUT2D eigenvalue weighted by Gasteiger charge is -2.08. The zero-order valence-corrected chi connectivity index (χ0v) is 15.0. The van der Waals surface area contributed by atoms with Crippen molar-refractivity contribution in [2.75, 3.05) is 0 Å². The van der Waals surface area contributed by atoms with Gasteiger partial charge in [-0.15, -0.1) is 5.10 Å². The summed E-state index contributed by atoms with van der Waals surface area (Å²) in [5, 5.41) is 22.0. The Morgan fingerprint density at radius 2 is 2.04 bits per heavy atom. The van der Waals surface area contributed by atoms with Gasteiger partial charge >= 0.3 is 5.97 Å². The lowest BCUT2D eigenvalue weighted by atomic mass is 9.98. The molecular formula is C19H17N3O3S. The summed E-state index contributed by atoms with van der Waals surface area (Å²) >= 11 is 1.10. The van der Waals surface area contributed by atoms with Gasteiger partial charge in [-0.25, -0.2) is 0 Å². The Kier molecular flexibility index (Phi) is 4.24. The highest BCUT2D eigenvalue weighted by molar-refractivity contribution is 8.15. The van der Waals surface area contributed by atoms with Gasteiger partial charge in [0, 0.05) is 5.56 Å². The van der Waals surface area contributed by atoms with Gasteiger partial charge in [0.25, 0.3) is 0 Å². The number of rotatable bonds is 4. The SMILES string of the molecule is C/C(=N\N=C1/NC(=O)C(CC(=O)O)S1)c1ccc2c3c(cccc13)CC2. The molecule has 1 unspecified atom stereocenters. The molecule has 2 aromatic rings. The van der Waals surface area contributed by atoms with E-state index in [0.717, 1.165) is 35.9 Å². The maximum Gasteiger partial charge on any atom is 0.305 e. The van der Waals surface area contributed by atoms with Crippen molar-refractivity contribution in [3.05, 3.63) is 47.0 Å². The van der Waals surface area contributed by atoms with Crippen LogP contribution in [0.3, 0.4) is 0 Å². The van der Waals surface area contributed by atoms with Crippen LogP contribution in [0.2, 0.25) is 0 Å². The first-order chi connectivity index (χ1) is 12.5. The number of amides is 1. The summed E-state index contributed by atoms with van der Waals surface area (Å²) in [6, 6.07) is 10.6. The molecule has 1 atom stereocenters. The van der Waals surface area contributed by atoms with E-state index in [2.05, 4.69) is 45.9 Å². The Bertz CT molecular complexity index is 987. The van der Waals surface area contributed by atoms with Crippen LogP contribution in [-0.4, -0.2) is 33.1 Å². The number of carboxylic acids is 1. The second-order valence-electron chi connectivity index (χ2n) is 6.40. The molecule has 1 heterocycles. The molecule has 0 radical (unpaired) electrons. The van der Waals surface area contributed by atoms with E-state index in [-0.39, 0.29) is 12.3 Å². The number of hydrogen-bond donors (Lipinski definition) is 2. The summed E-state index contributed by atoms with van der Waals surface area (Å²) in [7, 11) is 0. The van der Waals surface area contributed by atoms with E-state index in [0.29, 0.717) is 5.17 Å². The molecule has 7 heteroatoms. The van der Waals surface area contributed by atoms with Gasteiger partial charge in [-0.05, 0) is 41.7 Å². The topological polar surface area (TPSA) is 91.1 Å². The Morgan fingerprint density at radius 3 is 2.81 bits per heavy atom. The van der Waals surface area contributed by atoms with Gasteiger partial charge in [0.05, 0.1) is 12.1 Å². The molecule has 1 saturated heterocycles. The molecule has 0 spiro atoms. The van der Waals surface area contributed by atoms with Gasteiger partial charge in [0.1, 0.15) is 5.25 Å². The van der Waals surface area contributed by atoms with Crippen molar-refractivity contribution >= 4 is 45.3 Å². The van der Waals surface area contributed by atoms with Gasteiger partial charge in [-0.2, -0.15) is 5.10 Å². The first-order valence-corrected chi connectivity index (χ1v) is 9.26. The normalized spacial score (nSPS) is 20.8. The van der Waals surface area contributed by atoms with Crippen LogP contribution in [-0.2, 0) is 22.4 Å². The number of carboxylic acid groups (broad SMARTS) is 1. The lowest BCUT2D eigenvalue weighted by Crippen LogP contribution is -2.26. The maximum absolute atomic E-state index is 11.8. The quantitative estimate of drug-likeness (QED) is 0.642. The van der Waals surface area contributed by atoms with Crippen molar-refractivity contribution in [1.82, 2.24) is 5.32 Å². The monoisotopic (exact) mass is 367 g/mol. The van der Waals surface area contributed by atoms with Crippen LogP contribution in [0.1, 0.15) is 30.0 Å². The number of carbonyl (C=O) groups excluding carboxylic acids is 1. The first kappa shape index (κ1) is 16.8. The third-order valence-electron chi connectivity index (χ3n) is 4.69. The molecule has 6 nitrogen and oxygen atoms in total. The Morgan fingerprint density at radius 1 is 1.27 bits per heavy atom. The molecule has 132 valence electrons. The summed E-state index contributed by atoms with van der Waals surface area (Å²) in [5.41, 5.74) is 4.51. The van der Waals surface area contributed by atoms with Crippen LogP contribution in [0.25, 0.3) is 10.8 Å². The van der Waals surface area contributed by atoms with Crippen LogP contribution in [0.4, 0.5) is 0 Å². The highest BCUT2D eigenvalue weighted by atomic mass is 32.2. The third-order valence-corrected chi connectivity index (χ3v) is 5.77. The van der Waals surface area contributed by atoms with Crippen LogP contribution in [0.5, 0.6) is 0 Å². The fraction of sp³-hybridized carbons (Fsp3) is 0.263. The van der Waals surface area contributed by atoms with E-state index >= 15 is 0 Å². The van der Waals surface area contributed by atoms with Gasteiger partial charge in [-0.1, -0.05) is 42.1 Å². The summed E-state index contributed by atoms with van der Waals surface area (Å²) in [4.78, 5) is 22.5. The van der Waals surface area contributed by atoms with E-state index in [1.54, 1.807) is 0 Å². The third kappa shape index (κ3) is 2.99. The molecule has 1 fully saturated rings. The number of benzene rings is 2. The van der Waals surface area contributed by atoms with Crippen molar-refractivity contribution in [2.45, 2.75) is 31.4 Å². The van der Waals surface area contributed by atoms with Crippen molar-refractivity contribution in [3.63, 3.8) is 0 Å². The Balaban J connectivity index is 1.63. The molecule has 0 saturated carbocycles. The number of thioether (sulfide) groups is 1. The van der Waals surface area contributed by atoms with E-state index in [1.807, 2.05) is 6.92 Å². The van der Waals surface area contributed by atoms with Crippen LogP contribution >= 0.6 is 11.8 Å². The zero-order valence-electron chi connectivity index (χ0n) is 14.2. The maximum atomic E-state index is 11.8. The Labute approximate surface area is 154 Å². The number of nitrogens with one attached hydrogen (secondary N) is 1. The van der Waals surface area contributed by atoms with E-state index in [9.17, 15) is 9.59 Å². The molecule has 0 bridgehead atoms. The zero-order chi connectivity index (χ0) is 18.3. The van der Waals surface area contributed by atoms with Gasteiger partial charge < -0.3 is 10.4 Å². The summed E-state index contributed by atoms with van der Waals surface area (Å²) in [5.74, 6) is -1.35. The van der Waals surface area contributed by atoms with Gasteiger partial charge in [0.15, 0.2) is 5.17 Å². The number of amidine groups is 1. The van der Waals surface area contributed by atoms with Gasteiger partial charge in [-0.3, -0.25) is 9.59 Å². The molecule has 2 aromatic carbocycles. The van der Waals surface area contributed by atoms with E-state index in [1.165, 1.54) is 21.9 Å². The first-order valence-electron chi connectivity index (χ1n) is 8.38. The summed E-state index contributed by atoms with van der Waals surface area (Å²) in [6.45, 7) is 1.89. The van der Waals surface area contributed by atoms with Crippen molar-refractivity contribution in [1.29, 1.82) is 0 Å². The number of carbonyl (C=O) groups is 2. The molecule has 26 heavy (non-hydrogen) atoms. The minimum Gasteiger partial charge on any atom is -0.481 e. The predicted molar refractivity (Wildman–Crippen MR) is 103 cm³/mol. The summed E-state index contributed by atoms with van der Waals surface area (Å²) < 4.78 is 0. The molecule has 1 aliphatic heterocycles. The van der Waals surface area contributed by atoms with Crippen molar-refractivity contribution in [3.8, 4) is 0 Å². The highest BCUT2D eigenvalue weighted by Gasteiger charge is 2.32. The minimum absolute atomic E-state index is 0.229. The minimum atomic E-state index is -1.01. The molecular weight excluding hydrogens is 350 g/mol. The molecule has 1 aliphatic carbocycles. The van der Waals surface area contributed by atoms with Gasteiger partial charge in [0.2, 0.25) is 5.91 Å². The molecule has 2 N–H and O–H groups in total. The van der Waals surface area contributed by atoms with Crippen molar-refractivity contribution < 1.29 is 14.7 Å². The van der Waals surface area contributed by atoms with Crippen LogP contribution in [0, 0.1) is 0 Å². The van der Waals surface area contributed by atoms with Crippen LogP contribution in [0.15, 0.2) is 40.5 Å². The summed E-state index contributed by atoms with van der Waals surface area (Å²) in [6.07, 6.45) is 1.91. The van der Waals surface area contributed by atoms with E-state index < -0.39 is 11.2 Å². The standard InChI is InChI=1S/C19H17N3O3S/c1-10(21-22-19-20-18(25)15(26-19)9-16(23)24)13-8-7-12-6-5-11-3-2-4-14(13)17(11)12/h2-4,7-8,15H,5-6,9H2,1H3,(H,23,24)(H,20,22,25)/b21-10+. The second-order valence-corrected chi connectivity index (χ2v) is 7.59. The molecule has 4 rings (SSSR count). The highest BCUT2D eigenvalue weighted by Crippen LogP contribution is 2.33. The number of aryl methyl sites for hydroxylation is 2. The average Bonchev–Trinajstić information content (AvgIpc) is 3.18. The fourth-order valence-electron chi connectivity index (χ4n) is 3.48. The lowest BCUT2D eigenvalue weighted by molar-refractivity contribution is -0.138. The molecule has 0 aromatic heterocycles. The average molecular weight is 367 g/mol. The fourth-order valence-corrected chi connectivity index (χ4v) is 4.39. The van der Waals surface area contributed by atoms with E-state index in [4.69, 9.17) is 5.11 Å². The molecule has 1 amide bonds. The predicted octanol–water partition coefficient (Wildman–Crippen LogP) is 2.72. The number of hydrogen-bond acceptors (Lipinski definition) is 5. The van der Waals surface area contributed by atoms with Crippen LogP contribution < -0.4 is 5.32 Å². The Hall–Kier alpha value is -2.67. The molecule has 2 aliphatic rings. The largest absolute Gasteiger partial charge is 0.481 e. The second kappa shape index (κ2) is 6.57. The van der Waals surface area contributed by atoms with Crippen molar-refractivity contribution in [2.24, 2.45) is 10.2 Å².